The number of rotatable bonds is 5. The predicted octanol–water partition coefficient (Wildman–Crippen LogP) is 4.94. The number of para-hydroxylation sites is 1. The third-order valence-electron chi connectivity index (χ3n) is 7.86. The van der Waals surface area contributed by atoms with E-state index in [0.717, 1.165) is 23.1 Å². The van der Waals surface area contributed by atoms with Crippen molar-refractivity contribution in [2.75, 3.05) is 12.8 Å². The van der Waals surface area contributed by atoms with Crippen LogP contribution in [-0.2, 0) is 15.3 Å². The number of carbonyl (C=O) groups is 2. The molecule has 2 fully saturated rings. The smallest absolute Gasteiger partial charge is 0.410 e. The first-order valence-electron chi connectivity index (χ1n) is 13.5. The minimum Gasteiger partial charge on any atom is -0.444 e. The summed E-state index contributed by atoms with van der Waals surface area (Å²) in [6.45, 7) is 13.3. The van der Waals surface area contributed by atoms with Crippen LogP contribution in [0.15, 0.2) is 36.5 Å². The number of nitrogens with one attached hydrogen (secondary N) is 1. The van der Waals surface area contributed by atoms with Crippen molar-refractivity contribution < 1.29 is 19.4 Å². The number of aliphatic hydroxyl groups is 1. The summed E-state index contributed by atoms with van der Waals surface area (Å²) in [7, 11) is 1.64. The summed E-state index contributed by atoms with van der Waals surface area (Å²) in [6.07, 6.45) is 2.81. The van der Waals surface area contributed by atoms with Crippen molar-refractivity contribution in [1.29, 1.82) is 0 Å². The van der Waals surface area contributed by atoms with E-state index in [1.165, 1.54) is 4.90 Å². The molecule has 39 heavy (non-hydrogen) atoms. The van der Waals surface area contributed by atoms with E-state index in [4.69, 9.17) is 17.0 Å². The van der Waals surface area contributed by atoms with Gasteiger partial charge < -0.3 is 29.5 Å². The van der Waals surface area contributed by atoms with Crippen LogP contribution < -0.4 is 5.32 Å². The van der Waals surface area contributed by atoms with E-state index in [2.05, 4.69) is 19.2 Å². The number of thiocarbonyl (C=S) groups is 1. The molecule has 0 saturated carbocycles. The quantitative estimate of drug-likeness (QED) is 0.490. The second-order valence-corrected chi connectivity index (χ2v) is 14.3. The number of likely N-dealkylation sites (N-methyl/N-ethyl adjacent to an activating group) is 1. The Bertz CT molecular complexity index is 1250. The zero-order valence-corrected chi connectivity index (χ0v) is 25.9. The molecule has 0 aliphatic carbocycles. The summed E-state index contributed by atoms with van der Waals surface area (Å²) < 4.78 is 7.38. The molecule has 1 aromatic carbocycles. The van der Waals surface area contributed by atoms with E-state index in [1.54, 1.807) is 18.8 Å². The number of carbonyl (C=O) groups excluding carboxylic acids is 2. The number of nitrogens with zero attached hydrogens (tertiary/aromatic N) is 3. The van der Waals surface area contributed by atoms with Gasteiger partial charge in [0.2, 0.25) is 5.91 Å². The van der Waals surface area contributed by atoms with Crippen LogP contribution in [0.3, 0.4) is 0 Å². The van der Waals surface area contributed by atoms with Crippen LogP contribution >= 0.6 is 24.0 Å². The van der Waals surface area contributed by atoms with E-state index in [-0.39, 0.29) is 16.7 Å². The van der Waals surface area contributed by atoms with Crippen molar-refractivity contribution in [2.45, 2.75) is 96.1 Å². The van der Waals surface area contributed by atoms with Gasteiger partial charge in [-0.15, -0.1) is 11.8 Å². The third-order valence-corrected chi connectivity index (χ3v) is 9.57. The molecule has 0 bridgehead atoms. The molecule has 2 aliphatic rings. The number of amides is 2. The lowest BCUT2D eigenvalue weighted by atomic mass is 9.79. The summed E-state index contributed by atoms with van der Waals surface area (Å²) in [4.78, 5) is 30.6. The molecule has 5 atom stereocenters. The number of benzene rings is 1. The highest BCUT2D eigenvalue weighted by atomic mass is 32.2. The average molecular weight is 575 g/mol. The summed E-state index contributed by atoms with van der Waals surface area (Å²) in [5, 5.41) is 16.5. The van der Waals surface area contributed by atoms with Gasteiger partial charge in [-0.2, -0.15) is 0 Å². The Morgan fingerprint density at radius 1 is 1.26 bits per heavy atom. The Balaban J connectivity index is 1.59. The van der Waals surface area contributed by atoms with Gasteiger partial charge in [0, 0.05) is 13.2 Å². The van der Waals surface area contributed by atoms with Crippen molar-refractivity contribution in [2.24, 2.45) is 5.41 Å². The molecule has 0 radical (unpaired) electrons. The minimum atomic E-state index is -1.35. The fourth-order valence-corrected chi connectivity index (χ4v) is 7.82. The van der Waals surface area contributed by atoms with Crippen LogP contribution in [0.2, 0.25) is 0 Å². The lowest BCUT2D eigenvalue weighted by Gasteiger charge is -2.45. The predicted molar refractivity (Wildman–Crippen MR) is 161 cm³/mol. The lowest BCUT2D eigenvalue weighted by Crippen LogP contribution is -2.60. The van der Waals surface area contributed by atoms with Crippen LogP contribution in [0.25, 0.3) is 10.9 Å². The van der Waals surface area contributed by atoms with Crippen molar-refractivity contribution >= 4 is 51.9 Å². The standard InChI is InChI=1S/C29H42N4O4S2/c1-18(31(8)26(35)37-27(2,3)4)23(38)30-20-14-16-39-22-17-28(5,6)25(33(22)24(20)34)29(7,36)32-15-13-19-11-9-10-12-21(19)32/h9-13,15,18,20,22,25,36H,14,16-17H2,1-8H3,(H,30,38)/t18-,20-,22-,25+,29-/m0/s1. The molecule has 214 valence electrons. The maximum Gasteiger partial charge on any atom is 0.410 e. The molecule has 2 aliphatic heterocycles. The molecule has 2 amide bonds. The molecule has 3 heterocycles. The van der Waals surface area contributed by atoms with E-state index >= 15 is 0 Å². The number of aromatic nitrogens is 1. The van der Waals surface area contributed by atoms with Crippen LogP contribution in [0.4, 0.5) is 4.79 Å². The topological polar surface area (TPSA) is 87.0 Å². The van der Waals surface area contributed by atoms with Crippen LogP contribution in [0.1, 0.15) is 61.3 Å². The van der Waals surface area contributed by atoms with Gasteiger partial charge in [-0.3, -0.25) is 4.79 Å². The van der Waals surface area contributed by atoms with Gasteiger partial charge in [-0.1, -0.05) is 44.3 Å². The first kappa shape index (κ1) is 29.7. The zero-order valence-electron chi connectivity index (χ0n) is 24.2. The Kier molecular flexibility index (Phi) is 8.06. The Morgan fingerprint density at radius 3 is 2.59 bits per heavy atom. The van der Waals surface area contributed by atoms with E-state index in [9.17, 15) is 14.7 Å². The molecule has 2 saturated heterocycles. The molecule has 0 unspecified atom stereocenters. The third kappa shape index (κ3) is 5.79. The highest BCUT2D eigenvalue weighted by Gasteiger charge is 2.58. The number of fused-ring (bicyclic) bond motifs is 2. The van der Waals surface area contributed by atoms with Gasteiger partial charge in [-0.05, 0) is 76.1 Å². The summed E-state index contributed by atoms with van der Waals surface area (Å²) in [5.41, 5.74) is -1.39. The minimum absolute atomic E-state index is 0.0481. The van der Waals surface area contributed by atoms with Crippen molar-refractivity contribution in [3.05, 3.63) is 36.5 Å². The lowest BCUT2D eigenvalue weighted by molar-refractivity contribution is -0.152. The zero-order chi connectivity index (χ0) is 28.9. The largest absolute Gasteiger partial charge is 0.444 e. The Hall–Kier alpha value is -2.30. The van der Waals surface area contributed by atoms with Crippen LogP contribution in [0.5, 0.6) is 0 Å². The van der Waals surface area contributed by atoms with E-state index in [1.807, 2.05) is 80.6 Å². The molecular weight excluding hydrogens is 532 g/mol. The number of thioether (sulfide) groups is 1. The first-order chi connectivity index (χ1) is 18.0. The maximum absolute atomic E-state index is 14.2. The molecule has 1 aromatic heterocycles. The van der Waals surface area contributed by atoms with Crippen LogP contribution in [-0.4, -0.2) is 78.4 Å². The highest BCUT2D eigenvalue weighted by Crippen LogP contribution is 2.51. The second kappa shape index (κ2) is 10.6. The first-order valence-corrected chi connectivity index (χ1v) is 15.0. The van der Waals surface area contributed by atoms with E-state index in [0.29, 0.717) is 11.4 Å². The molecule has 2 aromatic rings. The number of hydrogen-bond acceptors (Lipinski definition) is 6. The summed E-state index contributed by atoms with van der Waals surface area (Å²) in [5.74, 6) is 0.702. The Labute approximate surface area is 241 Å². The number of ether oxygens (including phenoxy) is 1. The molecule has 10 heteroatoms. The van der Waals surface area contributed by atoms with E-state index < -0.39 is 35.5 Å². The highest BCUT2D eigenvalue weighted by molar-refractivity contribution is 7.99. The van der Waals surface area contributed by atoms with Gasteiger partial charge in [0.1, 0.15) is 11.6 Å². The maximum atomic E-state index is 14.2. The Morgan fingerprint density at radius 2 is 1.92 bits per heavy atom. The monoisotopic (exact) mass is 574 g/mol. The number of hydrogen-bond donors (Lipinski definition) is 2. The van der Waals surface area contributed by atoms with Crippen molar-refractivity contribution in [1.82, 2.24) is 19.7 Å². The molecule has 4 rings (SSSR count). The fraction of sp³-hybridized carbons (Fsp3) is 0.621. The van der Waals surface area contributed by atoms with Crippen LogP contribution in [0, 0.1) is 5.41 Å². The second-order valence-electron chi connectivity index (χ2n) is 12.6. The van der Waals surface area contributed by atoms with Gasteiger partial charge in [0.25, 0.3) is 0 Å². The fourth-order valence-electron chi connectivity index (χ4n) is 5.94. The molecule has 8 nitrogen and oxygen atoms in total. The summed E-state index contributed by atoms with van der Waals surface area (Å²) >= 11 is 7.44. The van der Waals surface area contributed by atoms with Gasteiger partial charge in [0.05, 0.1) is 28.0 Å². The van der Waals surface area contributed by atoms with Gasteiger partial charge in [0.15, 0.2) is 5.72 Å². The van der Waals surface area contributed by atoms with Gasteiger partial charge in [-0.25, -0.2) is 4.79 Å². The average Bonchev–Trinajstić information content (AvgIpc) is 3.35. The SMILES string of the molecule is C[C@@H](C(=S)N[C@H]1CCS[C@H]2CC(C)(C)[C@H]([C@](C)(O)n3ccc4ccccc43)N2C1=O)N(C)C(=O)OC(C)(C)C. The van der Waals surface area contributed by atoms with Crippen molar-refractivity contribution in [3.8, 4) is 0 Å². The van der Waals surface area contributed by atoms with Crippen molar-refractivity contribution in [3.63, 3.8) is 0 Å². The van der Waals surface area contributed by atoms with Gasteiger partial charge >= 0.3 is 6.09 Å². The normalized spacial score (nSPS) is 25.4. The molecule has 2 N–H and O–H groups in total. The molecule has 0 spiro atoms. The molecular formula is C29H42N4O4S2. The summed E-state index contributed by atoms with van der Waals surface area (Å²) in [6, 6.07) is 8.46.